The molecule has 2 aromatic heterocycles. The summed E-state index contributed by atoms with van der Waals surface area (Å²) in [6, 6.07) is 1.29. The molecule has 0 aliphatic carbocycles. The molecule has 0 bridgehead atoms. The number of aliphatic hydroxyl groups excluding tert-OH is 1. The van der Waals surface area contributed by atoms with Crippen molar-refractivity contribution in [2.24, 2.45) is 5.73 Å². The summed E-state index contributed by atoms with van der Waals surface area (Å²) in [5.74, 6) is 0.556. The molecule has 1 atom stereocenters. The molecule has 2 aromatic rings. The number of aromatic nitrogens is 2. The van der Waals surface area contributed by atoms with Crippen LogP contribution in [0.1, 0.15) is 17.5 Å². The molecule has 0 spiro atoms. The van der Waals surface area contributed by atoms with Crippen LogP contribution in [0.25, 0.3) is 11.0 Å². The van der Waals surface area contributed by atoms with Crippen molar-refractivity contribution in [2.75, 3.05) is 6.61 Å². The number of nitrogens with two attached hydrogens (primary N) is 1. The summed E-state index contributed by atoms with van der Waals surface area (Å²) in [4.78, 5) is 0. The minimum atomic E-state index is -0.484. The van der Waals surface area contributed by atoms with Crippen molar-refractivity contribution < 1.29 is 9.52 Å². The number of fused-ring (bicyclic) bond motifs is 1. The van der Waals surface area contributed by atoms with Crippen LogP contribution in [0.15, 0.2) is 16.7 Å². The van der Waals surface area contributed by atoms with Crippen molar-refractivity contribution in [1.82, 2.24) is 10.2 Å². The Labute approximate surface area is 80.5 Å². The minimum absolute atomic E-state index is 0.139. The molecule has 5 heteroatoms. The van der Waals surface area contributed by atoms with E-state index in [4.69, 9.17) is 15.3 Å². The van der Waals surface area contributed by atoms with Gasteiger partial charge in [-0.25, -0.2) is 0 Å². The maximum absolute atomic E-state index is 8.87. The Bertz CT molecular complexity index is 452. The first-order valence-corrected chi connectivity index (χ1v) is 4.30. The summed E-state index contributed by atoms with van der Waals surface area (Å²) in [6.45, 7) is 1.67. The molecule has 3 N–H and O–H groups in total. The first-order chi connectivity index (χ1) is 6.72. The van der Waals surface area contributed by atoms with Gasteiger partial charge in [-0.05, 0) is 13.0 Å². The van der Waals surface area contributed by atoms with Crippen molar-refractivity contribution in [3.8, 4) is 0 Å². The topological polar surface area (TPSA) is 85.2 Å². The maximum Gasteiger partial charge on any atom is 0.158 e. The van der Waals surface area contributed by atoms with Crippen LogP contribution >= 0.6 is 0 Å². The van der Waals surface area contributed by atoms with Crippen LogP contribution < -0.4 is 5.73 Å². The number of furan rings is 1. The third kappa shape index (κ3) is 1.36. The Hall–Kier alpha value is -1.46. The lowest BCUT2D eigenvalue weighted by atomic mass is 10.2. The van der Waals surface area contributed by atoms with Crippen molar-refractivity contribution >= 4 is 11.0 Å². The fraction of sp³-hybridized carbons (Fsp3) is 0.333. The SMILES string of the molecule is Cc1nncc2cc(C(N)CO)oc12. The molecule has 0 fully saturated rings. The lowest BCUT2D eigenvalue weighted by molar-refractivity contribution is 0.253. The van der Waals surface area contributed by atoms with E-state index in [1.807, 2.05) is 6.92 Å². The lowest BCUT2D eigenvalue weighted by Crippen LogP contribution is -2.13. The smallest absolute Gasteiger partial charge is 0.158 e. The number of aliphatic hydroxyl groups is 1. The number of nitrogens with zero attached hydrogens (tertiary/aromatic N) is 2. The predicted molar refractivity (Wildman–Crippen MR) is 50.6 cm³/mol. The molecule has 2 rings (SSSR count). The molecule has 0 aromatic carbocycles. The van der Waals surface area contributed by atoms with Gasteiger partial charge in [-0.1, -0.05) is 0 Å². The zero-order valence-electron chi connectivity index (χ0n) is 7.77. The molecular weight excluding hydrogens is 182 g/mol. The van der Waals surface area contributed by atoms with E-state index in [0.29, 0.717) is 11.3 Å². The Morgan fingerprint density at radius 1 is 1.64 bits per heavy atom. The van der Waals surface area contributed by atoms with Gasteiger partial charge >= 0.3 is 0 Å². The lowest BCUT2D eigenvalue weighted by Gasteiger charge is -2.01. The molecule has 0 saturated carbocycles. The molecule has 5 nitrogen and oxygen atoms in total. The van der Waals surface area contributed by atoms with E-state index in [1.165, 1.54) is 0 Å². The fourth-order valence-electron chi connectivity index (χ4n) is 1.30. The third-order valence-electron chi connectivity index (χ3n) is 2.08. The molecule has 2 heterocycles. The van der Waals surface area contributed by atoms with E-state index >= 15 is 0 Å². The van der Waals surface area contributed by atoms with Crippen LogP contribution in [-0.2, 0) is 0 Å². The van der Waals surface area contributed by atoms with Gasteiger partial charge in [0.2, 0.25) is 0 Å². The largest absolute Gasteiger partial charge is 0.457 e. The highest BCUT2D eigenvalue weighted by molar-refractivity contribution is 5.78. The minimum Gasteiger partial charge on any atom is -0.457 e. The fourth-order valence-corrected chi connectivity index (χ4v) is 1.30. The van der Waals surface area contributed by atoms with Crippen LogP contribution in [0.3, 0.4) is 0 Å². The van der Waals surface area contributed by atoms with Gasteiger partial charge in [-0.15, -0.1) is 0 Å². The molecule has 0 radical (unpaired) electrons. The van der Waals surface area contributed by atoms with E-state index in [9.17, 15) is 0 Å². The average molecular weight is 193 g/mol. The van der Waals surface area contributed by atoms with Crippen LogP contribution in [0.5, 0.6) is 0 Å². The molecule has 14 heavy (non-hydrogen) atoms. The summed E-state index contributed by atoms with van der Waals surface area (Å²) in [6.07, 6.45) is 1.61. The first-order valence-electron chi connectivity index (χ1n) is 4.30. The molecule has 0 aliphatic rings. The van der Waals surface area contributed by atoms with Crippen molar-refractivity contribution in [1.29, 1.82) is 0 Å². The molecule has 0 saturated heterocycles. The summed E-state index contributed by atoms with van der Waals surface area (Å²) >= 11 is 0. The van der Waals surface area contributed by atoms with Gasteiger partial charge < -0.3 is 15.3 Å². The van der Waals surface area contributed by atoms with Gasteiger partial charge in [-0.2, -0.15) is 10.2 Å². The Kier molecular flexibility index (Phi) is 2.18. The first kappa shape index (κ1) is 9.11. The standard InChI is InChI=1S/C9H11N3O2/c1-5-9-6(3-11-12-5)2-8(14-9)7(10)4-13/h2-3,7,13H,4,10H2,1H3. The van der Waals surface area contributed by atoms with Gasteiger partial charge in [0.25, 0.3) is 0 Å². The number of hydrogen-bond acceptors (Lipinski definition) is 5. The van der Waals surface area contributed by atoms with Gasteiger partial charge in [0.05, 0.1) is 18.8 Å². The summed E-state index contributed by atoms with van der Waals surface area (Å²) in [5, 5.41) is 17.4. The van der Waals surface area contributed by atoms with Crippen molar-refractivity contribution in [3.05, 3.63) is 23.7 Å². The summed E-state index contributed by atoms with van der Waals surface area (Å²) in [7, 11) is 0. The highest BCUT2D eigenvalue weighted by Gasteiger charge is 2.12. The number of rotatable bonds is 2. The normalized spacial score (nSPS) is 13.4. The molecule has 0 aliphatic heterocycles. The zero-order chi connectivity index (χ0) is 10.1. The van der Waals surface area contributed by atoms with Gasteiger partial charge in [-0.3, -0.25) is 0 Å². The van der Waals surface area contributed by atoms with E-state index in [0.717, 1.165) is 11.1 Å². The monoisotopic (exact) mass is 193 g/mol. The third-order valence-corrected chi connectivity index (χ3v) is 2.08. The second-order valence-corrected chi connectivity index (χ2v) is 3.15. The highest BCUT2D eigenvalue weighted by atomic mass is 16.3. The van der Waals surface area contributed by atoms with Crippen molar-refractivity contribution in [3.63, 3.8) is 0 Å². The number of hydrogen-bond donors (Lipinski definition) is 2. The Balaban J connectivity index is 2.56. The second-order valence-electron chi connectivity index (χ2n) is 3.15. The summed E-state index contributed by atoms with van der Waals surface area (Å²) < 4.78 is 5.46. The van der Waals surface area contributed by atoms with Crippen LogP contribution in [0.4, 0.5) is 0 Å². The van der Waals surface area contributed by atoms with E-state index in [1.54, 1.807) is 12.3 Å². The Morgan fingerprint density at radius 3 is 3.07 bits per heavy atom. The molecule has 74 valence electrons. The maximum atomic E-state index is 8.87. The van der Waals surface area contributed by atoms with Gasteiger partial charge in [0.1, 0.15) is 11.5 Å². The van der Waals surface area contributed by atoms with E-state index in [-0.39, 0.29) is 6.61 Å². The van der Waals surface area contributed by atoms with Crippen LogP contribution in [0, 0.1) is 6.92 Å². The predicted octanol–water partition coefficient (Wildman–Crippen LogP) is 0.523. The van der Waals surface area contributed by atoms with E-state index in [2.05, 4.69) is 10.2 Å². The Morgan fingerprint density at radius 2 is 2.43 bits per heavy atom. The van der Waals surface area contributed by atoms with Crippen LogP contribution in [-0.4, -0.2) is 21.9 Å². The second kappa shape index (κ2) is 3.36. The van der Waals surface area contributed by atoms with E-state index < -0.39 is 6.04 Å². The quantitative estimate of drug-likeness (QED) is 0.726. The molecule has 1 unspecified atom stereocenters. The average Bonchev–Trinajstić information content (AvgIpc) is 2.62. The van der Waals surface area contributed by atoms with Gasteiger partial charge in [0, 0.05) is 5.39 Å². The zero-order valence-corrected chi connectivity index (χ0v) is 7.77. The summed E-state index contributed by atoms with van der Waals surface area (Å²) in [5.41, 5.74) is 7.02. The van der Waals surface area contributed by atoms with Crippen LogP contribution in [0.2, 0.25) is 0 Å². The number of aryl methyl sites for hydroxylation is 1. The molecule has 0 amide bonds. The van der Waals surface area contributed by atoms with Crippen molar-refractivity contribution in [2.45, 2.75) is 13.0 Å². The molecular formula is C9H11N3O2. The highest BCUT2D eigenvalue weighted by Crippen LogP contribution is 2.23. The van der Waals surface area contributed by atoms with Gasteiger partial charge in [0.15, 0.2) is 5.58 Å².